The highest BCUT2D eigenvalue weighted by Crippen LogP contribution is 2.27. The van der Waals surface area contributed by atoms with E-state index >= 15 is 0 Å². The van der Waals surface area contributed by atoms with Crippen LogP contribution in [0.15, 0.2) is 18.2 Å². The first kappa shape index (κ1) is 19.8. The van der Waals surface area contributed by atoms with Gasteiger partial charge in [0.05, 0.1) is 30.4 Å². The van der Waals surface area contributed by atoms with Gasteiger partial charge in [0.1, 0.15) is 0 Å². The molecule has 0 bridgehead atoms. The molecule has 3 rings (SSSR count). The van der Waals surface area contributed by atoms with Gasteiger partial charge in [0, 0.05) is 24.3 Å². The lowest BCUT2D eigenvalue weighted by Gasteiger charge is -2.18. The minimum atomic E-state index is -2.95. The number of rotatable bonds is 6. The standard InChI is InChI=1S/C19H26FN3O3S/c1-13-17(14(2)23(21-13)16-7-8-27(24,25)12-16)11-22(3)10-15-5-6-19(26-4)18(20)9-15/h5-6,9,16H,7-8,10-12H2,1-4H3/t16-/m0/s1. The second-order valence-corrected chi connectivity index (χ2v) is 9.52. The molecule has 148 valence electrons. The average Bonchev–Trinajstić information content (AvgIpc) is 3.08. The van der Waals surface area contributed by atoms with E-state index in [2.05, 4.69) is 10.00 Å². The zero-order chi connectivity index (χ0) is 19.8. The van der Waals surface area contributed by atoms with Crippen LogP contribution in [0.1, 0.15) is 35.0 Å². The third-order valence-electron chi connectivity index (χ3n) is 5.13. The Labute approximate surface area is 159 Å². The van der Waals surface area contributed by atoms with Gasteiger partial charge in [-0.2, -0.15) is 5.10 Å². The highest BCUT2D eigenvalue weighted by molar-refractivity contribution is 7.91. The van der Waals surface area contributed by atoms with Crippen molar-refractivity contribution in [2.75, 3.05) is 25.7 Å². The summed E-state index contributed by atoms with van der Waals surface area (Å²) in [6, 6.07) is 4.89. The molecule has 6 nitrogen and oxygen atoms in total. The third-order valence-corrected chi connectivity index (χ3v) is 6.88. The first-order valence-corrected chi connectivity index (χ1v) is 10.8. The van der Waals surface area contributed by atoms with Crippen LogP contribution in [0.3, 0.4) is 0 Å². The lowest BCUT2D eigenvalue weighted by atomic mass is 10.1. The molecular formula is C19H26FN3O3S. The summed E-state index contributed by atoms with van der Waals surface area (Å²) in [5.41, 5.74) is 3.86. The van der Waals surface area contributed by atoms with Crippen molar-refractivity contribution in [2.24, 2.45) is 0 Å². The fourth-order valence-corrected chi connectivity index (χ4v) is 5.39. The van der Waals surface area contributed by atoms with E-state index in [0.717, 1.165) is 22.5 Å². The third kappa shape index (κ3) is 4.32. The maximum atomic E-state index is 13.9. The number of ether oxygens (including phenoxy) is 1. The zero-order valence-corrected chi connectivity index (χ0v) is 17.0. The fraction of sp³-hybridized carbons (Fsp3) is 0.526. The summed E-state index contributed by atoms with van der Waals surface area (Å²) in [5.74, 6) is 0.260. The highest BCUT2D eigenvalue weighted by atomic mass is 32.2. The molecule has 8 heteroatoms. The van der Waals surface area contributed by atoms with Crippen molar-refractivity contribution in [1.29, 1.82) is 0 Å². The topological polar surface area (TPSA) is 64.4 Å². The summed E-state index contributed by atoms with van der Waals surface area (Å²) in [6.07, 6.45) is 0.616. The van der Waals surface area contributed by atoms with Crippen molar-refractivity contribution in [3.63, 3.8) is 0 Å². The van der Waals surface area contributed by atoms with Gasteiger partial charge in [-0.05, 0) is 45.0 Å². The molecule has 0 aliphatic carbocycles. The number of hydrogen-bond donors (Lipinski definition) is 0. The molecule has 1 aliphatic heterocycles. The van der Waals surface area contributed by atoms with Gasteiger partial charge < -0.3 is 4.74 Å². The van der Waals surface area contributed by atoms with Crippen LogP contribution in [-0.2, 0) is 22.9 Å². The molecule has 0 radical (unpaired) electrons. The molecule has 2 heterocycles. The van der Waals surface area contributed by atoms with Crippen LogP contribution < -0.4 is 4.74 Å². The predicted octanol–water partition coefficient (Wildman–Crippen LogP) is 2.64. The number of halogens is 1. The predicted molar refractivity (Wildman–Crippen MR) is 102 cm³/mol. The van der Waals surface area contributed by atoms with E-state index in [1.54, 1.807) is 6.07 Å². The minimum absolute atomic E-state index is 0.0801. The summed E-state index contributed by atoms with van der Waals surface area (Å²) < 4.78 is 44.3. The Morgan fingerprint density at radius 3 is 2.67 bits per heavy atom. The molecule has 1 saturated heterocycles. The van der Waals surface area contributed by atoms with E-state index < -0.39 is 9.84 Å². The molecule has 1 aromatic carbocycles. The van der Waals surface area contributed by atoms with Crippen LogP contribution in [0.4, 0.5) is 4.39 Å². The molecule has 0 N–H and O–H groups in total. The van der Waals surface area contributed by atoms with Gasteiger partial charge in [0.2, 0.25) is 0 Å². The smallest absolute Gasteiger partial charge is 0.165 e. The summed E-state index contributed by atoms with van der Waals surface area (Å²) in [4.78, 5) is 2.09. The molecule has 1 aromatic heterocycles. The van der Waals surface area contributed by atoms with Crippen LogP contribution >= 0.6 is 0 Å². The molecule has 1 aliphatic rings. The van der Waals surface area contributed by atoms with Crippen molar-refractivity contribution in [2.45, 2.75) is 39.4 Å². The molecule has 0 amide bonds. The highest BCUT2D eigenvalue weighted by Gasteiger charge is 2.31. The number of sulfone groups is 1. The monoisotopic (exact) mass is 395 g/mol. The molecule has 0 unspecified atom stereocenters. The Kier molecular flexibility index (Phi) is 5.58. The molecule has 27 heavy (non-hydrogen) atoms. The van der Waals surface area contributed by atoms with E-state index in [-0.39, 0.29) is 29.1 Å². The molecule has 1 atom stereocenters. The van der Waals surface area contributed by atoms with Gasteiger partial charge in [-0.25, -0.2) is 12.8 Å². The Morgan fingerprint density at radius 2 is 2.07 bits per heavy atom. The van der Waals surface area contributed by atoms with E-state index in [1.165, 1.54) is 13.2 Å². The Balaban J connectivity index is 1.73. The lowest BCUT2D eigenvalue weighted by molar-refractivity contribution is 0.316. The van der Waals surface area contributed by atoms with Crippen molar-refractivity contribution in [3.05, 3.63) is 46.5 Å². The average molecular weight is 396 g/mol. The van der Waals surface area contributed by atoms with Crippen molar-refractivity contribution in [3.8, 4) is 5.75 Å². The summed E-state index contributed by atoms with van der Waals surface area (Å²) in [7, 11) is 0.463. The second-order valence-electron chi connectivity index (χ2n) is 7.29. The van der Waals surface area contributed by atoms with Gasteiger partial charge in [-0.3, -0.25) is 9.58 Å². The first-order valence-electron chi connectivity index (χ1n) is 8.96. The Hall–Kier alpha value is -1.93. The van der Waals surface area contributed by atoms with Gasteiger partial charge in [-0.1, -0.05) is 6.07 Å². The van der Waals surface area contributed by atoms with Crippen LogP contribution in [0.25, 0.3) is 0 Å². The molecule has 0 spiro atoms. The number of benzene rings is 1. The Morgan fingerprint density at radius 1 is 1.33 bits per heavy atom. The van der Waals surface area contributed by atoms with E-state index in [4.69, 9.17) is 4.74 Å². The summed E-state index contributed by atoms with van der Waals surface area (Å²) in [6.45, 7) is 5.18. The number of methoxy groups -OCH3 is 1. The zero-order valence-electron chi connectivity index (χ0n) is 16.2. The molecule has 1 fully saturated rings. The van der Waals surface area contributed by atoms with E-state index in [9.17, 15) is 12.8 Å². The maximum Gasteiger partial charge on any atom is 0.165 e. The first-order chi connectivity index (χ1) is 12.7. The number of hydrogen-bond acceptors (Lipinski definition) is 5. The van der Waals surface area contributed by atoms with Gasteiger partial charge in [0.15, 0.2) is 21.4 Å². The Bertz CT molecular complexity index is 940. The summed E-state index contributed by atoms with van der Waals surface area (Å²) >= 11 is 0. The van der Waals surface area contributed by atoms with E-state index in [1.807, 2.05) is 31.6 Å². The molecule has 0 saturated carbocycles. The quantitative estimate of drug-likeness (QED) is 0.752. The number of nitrogens with zero attached hydrogens (tertiary/aromatic N) is 3. The second kappa shape index (κ2) is 7.59. The fourth-order valence-electron chi connectivity index (χ4n) is 3.70. The molecule has 2 aromatic rings. The van der Waals surface area contributed by atoms with Gasteiger partial charge >= 0.3 is 0 Å². The van der Waals surface area contributed by atoms with Gasteiger partial charge in [-0.15, -0.1) is 0 Å². The van der Waals surface area contributed by atoms with Crippen LogP contribution in [0.5, 0.6) is 5.75 Å². The molecular weight excluding hydrogens is 369 g/mol. The normalized spacial score (nSPS) is 19.0. The van der Waals surface area contributed by atoms with Crippen LogP contribution in [0, 0.1) is 19.7 Å². The lowest BCUT2D eigenvalue weighted by Crippen LogP contribution is -2.19. The van der Waals surface area contributed by atoms with Crippen molar-refractivity contribution >= 4 is 9.84 Å². The SMILES string of the molecule is COc1ccc(CN(C)Cc2c(C)nn([C@H]3CCS(=O)(=O)C3)c2C)cc1F. The number of aromatic nitrogens is 2. The van der Waals surface area contributed by atoms with Gasteiger partial charge in [0.25, 0.3) is 0 Å². The largest absolute Gasteiger partial charge is 0.494 e. The van der Waals surface area contributed by atoms with E-state index in [0.29, 0.717) is 19.5 Å². The maximum absolute atomic E-state index is 13.9. The van der Waals surface area contributed by atoms with Crippen molar-refractivity contribution in [1.82, 2.24) is 14.7 Å². The summed E-state index contributed by atoms with van der Waals surface area (Å²) in [5, 5.41) is 4.60. The number of aryl methyl sites for hydroxylation is 1. The van der Waals surface area contributed by atoms with Crippen molar-refractivity contribution < 1.29 is 17.5 Å². The van der Waals surface area contributed by atoms with Crippen LogP contribution in [-0.4, -0.2) is 48.8 Å². The van der Waals surface area contributed by atoms with Crippen LogP contribution in [0.2, 0.25) is 0 Å². The minimum Gasteiger partial charge on any atom is -0.494 e.